The first kappa shape index (κ1) is 20.9. The van der Waals surface area contributed by atoms with Gasteiger partial charge in [-0.15, -0.1) is 0 Å². The molecule has 3 rings (SSSR count). The molecule has 0 radical (unpaired) electrons. The first-order valence-electron chi connectivity index (χ1n) is 9.89. The van der Waals surface area contributed by atoms with E-state index in [1.54, 1.807) is 0 Å². The van der Waals surface area contributed by atoms with Crippen LogP contribution in [-0.2, 0) is 16.1 Å². The lowest BCUT2D eigenvalue weighted by Gasteiger charge is -2.42. The molecule has 0 saturated heterocycles. The Morgan fingerprint density at radius 1 is 1.10 bits per heavy atom. The molecule has 1 heterocycles. The highest BCUT2D eigenvalue weighted by Gasteiger charge is 2.54. The molecule has 5 nitrogen and oxygen atoms in total. The van der Waals surface area contributed by atoms with E-state index in [4.69, 9.17) is 9.47 Å². The van der Waals surface area contributed by atoms with Gasteiger partial charge < -0.3 is 14.6 Å². The number of carboxylic acids is 1. The van der Waals surface area contributed by atoms with E-state index in [1.807, 2.05) is 90.2 Å². The van der Waals surface area contributed by atoms with Crippen LogP contribution in [-0.4, -0.2) is 29.8 Å². The molecule has 1 unspecified atom stereocenters. The first-order valence-corrected chi connectivity index (χ1v) is 9.89. The fourth-order valence-electron chi connectivity index (χ4n) is 3.71. The van der Waals surface area contributed by atoms with Gasteiger partial charge in [-0.1, -0.05) is 30.3 Å². The maximum absolute atomic E-state index is 12.3. The van der Waals surface area contributed by atoms with E-state index >= 15 is 0 Å². The third-order valence-corrected chi connectivity index (χ3v) is 5.50. The van der Waals surface area contributed by atoms with Crippen molar-refractivity contribution in [3.8, 4) is 5.75 Å². The smallest absolute Gasteiger partial charge is 0.394 e. The minimum Gasteiger partial charge on any atom is -0.489 e. The molecule has 1 atom stereocenters. The van der Waals surface area contributed by atoms with Gasteiger partial charge in [-0.2, -0.15) is 0 Å². The van der Waals surface area contributed by atoms with Crippen molar-refractivity contribution in [1.29, 1.82) is 0 Å². The molecule has 1 N–H and O–H groups in total. The fourth-order valence-corrected chi connectivity index (χ4v) is 3.71. The molecule has 0 saturated carbocycles. The first-order chi connectivity index (χ1) is 13.6. The number of nitrogens with zero attached hydrogens (tertiary/aromatic N) is 1. The van der Waals surface area contributed by atoms with Crippen molar-refractivity contribution in [3.63, 3.8) is 0 Å². The summed E-state index contributed by atoms with van der Waals surface area (Å²) in [5.41, 5.74) is 2.62. The number of aliphatic carboxylic acids is 1. The Balaban J connectivity index is 2.08. The van der Waals surface area contributed by atoms with E-state index in [0.717, 1.165) is 16.8 Å². The number of ether oxygens (including phenoxy) is 2. The molecule has 0 aliphatic carbocycles. The molecule has 0 bridgehead atoms. The number of carboxylic acid groups (broad SMARTS) is 1. The SMILES string of the molecule is CC(C)OC1=C(C(=O)O)[N+](C)(C(C)(C)C)c2ccc(OCc3ccccc3)cc21. The van der Waals surface area contributed by atoms with Crippen molar-refractivity contribution in [2.24, 2.45) is 0 Å². The molecule has 5 heteroatoms. The lowest BCUT2D eigenvalue weighted by Crippen LogP contribution is -2.58. The Morgan fingerprint density at radius 3 is 2.31 bits per heavy atom. The van der Waals surface area contributed by atoms with Crippen molar-refractivity contribution >= 4 is 17.4 Å². The number of hydrogen-bond acceptors (Lipinski definition) is 3. The summed E-state index contributed by atoms with van der Waals surface area (Å²) in [6.45, 7) is 10.4. The number of quaternary nitrogens is 1. The van der Waals surface area contributed by atoms with Crippen LogP contribution in [0.2, 0.25) is 0 Å². The minimum absolute atomic E-state index is 0.146. The van der Waals surface area contributed by atoms with E-state index in [2.05, 4.69) is 0 Å². The maximum Gasteiger partial charge on any atom is 0.394 e. The summed E-state index contributed by atoms with van der Waals surface area (Å²) in [6, 6.07) is 15.7. The second-order valence-corrected chi connectivity index (χ2v) is 8.78. The van der Waals surface area contributed by atoms with E-state index in [0.29, 0.717) is 18.1 Å². The Labute approximate surface area is 172 Å². The van der Waals surface area contributed by atoms with Crippen LogP contribution in [0.4, 0.5) is 5.69 Å². The summed E-state index contributed by atoms with van der Waals surface area (Å²) in [6.07, 6.45) is -0.146. The molecular weight excluding hydrogens is 366 g/mol. The summed E-state index contributed by atoms with van der Waals surface area (Å²) in [4.78, 5) is 12.3. The largest absolute Gasteiger partial charge is 0.489 e. The molecule has 2 aromatic carbocycles. The fraction of sp³-hybridized carbons (Fsp3) is 0.375. The van der Waals surface area contributed by atoms with Gasteiger partial charge >= 0.3 is 5.97 Å². The van der Waals surface area contributed by atoms with Crippen LogP contribution in [0.3, 0.4) is 0 Å². The molecule has 154 valence electrons. The number of likely N-dealkylation sites (N-methyl/N-ethyl adjacent to an activating group) is 1. The van der Waals surface area contributed by atoms with Crippen LogP contribution in [0.25, 0.3) is 5.76 Å². The van der Waals surface area contributed by atoms with Gasteiger partial charge in [0.15, 0.2) is 0 Å². The van der Waals surface area contributed by atoms with Crippen LogP contribution < -0.4 is 9.22 Å². The van der Waals surface area contributed by atoms with Crippen LogP contribution >= 0.6 is 0 Å². The van der Waals surface area contributed by atoms with Gasteiger partial charge in [-0.25, -0.2) is 9.28 Å². The van der Waals surface area contributed by atoms with Crippen LogP contribution in [0.5, 0.6) is 5.75 Å². The average Bonchev–Trinajstić information content (AvgIpc) is 2.89. The van der Waals surface area contributed by atoms with E-state index in [9.17, 15) is 9.90 Å². The summed E-state index contributed by atoms with van der Waals surface area (Å²) in [5.74, 6) is 0.135. The van der Waals surface area contributed by atoms with Crippen molar-refractivity contribution in [2.75, 3.05) is 7.05 Å². The quantitative estimate of drug-likeness (QED) is 0.683. The predicted molar refractivity (Wildman–Crippen MR) is 115 cm³/mol. The highest BCUT2D eigenvalue weighted by Crippen LogP contribution is 2.50. The second-order valence-electron chi connectivity index (χ2n) is 8.78. The van der Waals surface area contributed by atoms with Crippen LogP contribution in [0.1, 0.15) is 45.7 Å². The Bertz CT molecular complexity index is 941. The maximum atomic E-state index is 12.3. The standard InChI is InChI=1S/C24H29NO4/c1-16(2)29-22-19-14-18(28-15-17-10-8-7-9-11-17)12-13-20(19)25(6,24(3,4)5)21(22)23(26)27/h7-14,16H,15H2,1-6H3/p+1. The third kappa shape index (κ3) is 3.75. The monoisotopic (exact) mass is 396 g/mol. The molecule has 0 fully saturated rings. The van der Waals surface area contributed by atoms with Crippen LogP contribution in [0.15, 0.2) is 54.2 Å². The molecule has 1 aliphatic heterocycles. The lowest BCUT2D eigenvalue weighted by atomic mass is 10.0. The van der Waals surface area contributed by atoms with Crippen molar-refractivity contribution in [3.05, 3.63) is 65.4 Å². The third-order valence-electron chi connectivity index (χ3n) is 5.50. The zero-order valence-electron chi connectivity index (χ0n) is 18.0. The molecule has 29 heavy (non-hydrogen) atoms. The zero-order chi connectivity index (χ0) is 21.4. The minimum atomic E-state index is -0.971. The number of rotatable bonds is 6. The highest BCUT2D eigenvalue weighted by atomic mass is 16.5. The van der Waals surface area contributed by atoms with Gasteiger partial charge in [0.1, 0.15) is 23.6 Å². The normalized spacial score (nSPS) is 18.7. The molecule has 0 aromatic heterocycles. The topological polar surface area (TPSA) is 55.8 Å². The zero-order valence-corrected chi connectivity index (χ0v) is 18.0. The number of carbonyl (C=O) groups is 1. The molecule has 0 amide bonds. The van der Waals surface area contributed by atoms with Crippen LogP contribution in [0, 0.1) is 0 Å². The second kappa shape index (κ2) is 7.56. The number of hydrogen-bond donors (Lipinski definition) is 1. The van der Waals surface area contributed by atoms with E-state index in [1.165, 1.54) is 0 Å². The van der Waals surface area contributed by atoms with Gasteiger partial charge in [-0.3, -0.25) is 0 Å². The Morgan fingerprint density at radius 2 is 1.76 bits per heavy atom. The summed E-state index contributed by atoms with van der Waals surface area (Å²) in [5, 5.41) is 10.1. The van der Waals surface area contributed by atoms with Gasteiger partial charge in [0.25, 0.3) is 5.70 Å². The highest BCUT2D eigenvalue weighted by molar-refractivity contribution is 6.03. The van der Waals surface area contributed by atoms with Crippen molar-refractivity contribution in [2.45, 2.75) is 52.9 Å². The molecule has 1 aliphatic rings. The Hall–Kier alpha value is -2.79. The number of benzene rings is 2. The number of fused-ring (bicyclic) bond motifs is 1. The summed E-state index contributed by atoms with van der Waals surface area (Å²) in [7, 11) is 1.93. The lowest BCUT2D eigenvalue weighted by molar-refractivity contribution is -0.134. The molecular formula is C24H30NO4+. The molecule has 2 aromatic rings. The summed E-state index contributed by atoms with van der Waals surface area (Å²) < 4.78 is 12.2. The predicted octanol–water partition coefficient (Wildman–Crippen LogP) is 5.19. The van der Waals surface area contributed by atoms with Gasteiger partial charge in [-0.05, 0) is 52.3 Å². The van der Waals surface area contributed by atoms with Crippen molar-refractivity contribution in [1.82, 2.24) is 4.48 Å². The van der Waals surface area contributed by atoms with E-state index < -0.39 is 5.97 Å². The van der Waals surface area contributed by atoms with Gasteiger partial charge in [0, 0.05) is 6.07 Å². The Kier molecular flexibility index (Phi) is 5.46. The average molecular weight is 397 g/mol. The van der Waals surface area contributed by atoms with Gasteiger partial charge in [0.2, 0.25) is 5.76 Å². The molecule has 0 spiro atoms. The van der Waals surface area contributed by atoms with Crippen molar-refractivity contribution < 1.29 is 19.4 Å². The van der Waals surface area contributed by atoms with E-state index in [-0.39, 0.29) is 21.8 Å². The summed E-state index contributed by atoms with van der Waals surface area (Å²) >= 11 is 0. The van der Waals surface area contributed by atoms with Gasteiger partial charge in [0.05, 0.1) is 18.7 Å².